The summed E-state index contributed by atoms with van der Waals surface area (Å²) in [7, 11) is 0. The molecule has 1 atom stereocenters. The number of amidine groups is 1. The van der Waals surface area contributed by atoms with Crippen molar-refractivity contribution in [2.45, 2.75) is 19.5 Å². The molecule has 1 N–H and O–H groups in total. The number of para-hydroxylation sites is 1. The van der Waals surface area contributed by atoms with Gasteiger partial charge in [-0.1, -0.05) is 12.1 Å². The van der Waals surface area contributed by atoms with E-state index in [1.807, 2.05) is 19.1 Å². The highest BCUT2D eigenvalue weighted by Crippen LogP contribution is 2.35. The minimum Gasteiger partial charge on any atom is -0.462 e. The van der Waals surface area contributed by atoms with Gasteiger partial charge in [0.05, 0.1) is 0 Å². The van der Waals surface area contributed by atoms with Crippen LogP contribution in [0.1, 0.15) is 29.7 Å². The predicted molar refractivity (Wildman–Crippen MR) is 79.0 cm³/mol. The number of hydrogen-bond donors (Lipinski definition) is 1. The first-order valence-corrected chi connectivity index (χ1v) is 7.06. The Morgan fingerprint density at radius 1 is 1.25 bits per heavy atom. The second-order valence-electron chi connectivity index (χ2n) is 5.29. The highest BCUT2D eigenvalue weighted by atomic mass is 16.3. The molecule has 3 heterocycles. The first kappa shape index (κ1) is 11.6. The van der Waals surface area contributed by atoms with Crippen LogP contribution in [0.3, 0.4) is 0 Å². The molecule has 0 radical (unpaired) electrons. The molecule has 2 aliphatic rings. The maximum absolute atomic E-state index is 5.83. The molecule has 0 saturated carbocycles. The normalized spacial score (nSPS) is 20.8. The van der Waals surface area contributed by atoms with Crippen LogP contribution >= 0.6 is 0 Å². The number of aliphatic imine (C=N–C) groups is 1. The van der Waals surface area contributed by atoms with E-state index in [0.29, 0.717) is 0 Å². The molecule has 1 unspecified atom stereocenters. The summed E-state index contributed by atoms with van der Waals surface area (Å²) in [6.45, 7) is 3.89. The van der Waals surface area contributed by atoms with Crippen LogP contribution in [-0.2, 0) is 0 Å². The summed E-state index contributed by atoms with van der Waals surface area (Å²) in [6, 6.07) is 12.4. The van der Waals surface area contributed by atoms with Gasteiger partial charge in [-0.25, -0.2) is 0 Å². The van der Waals surface area contributed by atoms with E-state index in [9.17, 15) is 0 Å². The number of rotatable bonds is 1. The number of anilines is 1. The zero-order chi connectivity index (χ0) is 13.5. The Morgan fingerprint density at radius 2 is 2.15 bits per heavy atom. The van der Waals surface area contributed by atoms with Crippen LogP contribution in [0.25, 0.3) is 0 Å². The van der Waals surface area contributed by atoms with Crippen LogP contribution in [-0.4, -0.2) is 23.8 Å². The number of furan rings is 1. The lowest BCUT2D eigenvalue weighted by Crippen LogP contribution is -2.45. The minimum absolute atomic E-state index is 0.0395. The molecule has 0 saturated heterocycles. The Bertz CT molecular complexity index is 674. The minimum atomic E-state index is 0.0395. The number of fused-ring (bicyclic) bond motifs is 3. The molecule has 4 heteroatoms. The zero-order valence-corrected chi connectivity index (χ0v) is 11.5. The van der Waals surface area contributed by atoms with Crippen LogP contribution < -0.4 is 5.32 Å². The fraction of sp³-hybridized carbons (Fsp3) is 0.312. The fourth-order valence-electron chi connectivity index (χ4n) is 2.97. The first-order valence-electron chi connectivity index (χ1n) is 7.06. The fourth-order valence-corrected chi connectivity index (χ4v) is 2.97. The van der Waals surface area contributed by atoms with Crippen molar-refractivity contribution in [2.75, 3.05) is 18.4 Å². The molecule has 0 fully saturated rings. The topological polar surface area (TPSA) is 40.8 Å². The Balaban J connectivity index is 1.83. The second-order valence-corrected chi connectivity index (χ2v) is 5.29. The summed E-state index contributed by atoms with van der Waals surface area (Å²) in [4.78, 5) is 7.05. The monoisotopic (exact) mass is 267 g/mol. The highest BCUT2D eigenvalue weighted by molar-refractivity contribution is 6.05. The number of hydrogen-bond acceptors (Lipinski definition) is 4. The van der Waals surface area contributed by atoms with E-state index in [1.54, 1.807) is 0 Å². The van der Waals surface area contributed by atoms with Gasteiger partial charge in [-0.05, 0) is 37.6 Å². The van der Waals surface area contributed by atoms with Crippen molar-refractivity contribution in [1.82, 2.24) is 4.90 Å². The zero-order valence-electron chi connectivity index (χ0n) is 11.5. The average molecular weight is 267 g/mol. The lowest BCUT2D eigenvalue weighted by atomic mass is 10.0. The molecular formula is C16H17N3O. The SMILES string of the molecule is Cc1ccc(C2Nc3ccccc3C3=NCCCN32)o1. The molecule has 4 rings (SSSR count). The third-order valence-electron chi connectivity index (χ3n) is 3.89. The Hall–Kier alpha value is -2.23. The van der Waals surface area contributed by atoms with Gasteiger partial charge in [-0.3, -0.25) is 4.99 Å². The summed E-state index contributed by atoms with van der Waals surface area (Å²) in [5, 5.41) is 3.58. The maximum Gasteiger partial charge on any atom is 0.160 e. The van der Waals surface area contributed by atoms with Crippen molar-refractivity contribution in [1.29, 1.82) is 0 Å². The summed E-state index contributed by atoms with van der Waals surface area (Å²) in [5.74, 6) is 2.98. The summed E-state index contributed by atoms with van der Waals surface area (Å²) < 4.78 is 5.83. The van der Waals surface area contributed by atoms with Gasteiger partial charge >= 0.3 is 0 Å². The lowest BCUT2D eigenvalue weighted by Gasteiger charge is -2.41. The molecule has 2 aliphatic heterocycles. The maximum atomic E-state index is 5.83. The molecule has 0 bridgehead atoms. The molecule has 102 valence electrons. The quantitative estimate of drug-likeness (QED) is 0.862. The largest absolute Gasteiger partial charge is 0.462 e. The van der Waals surface area contributed by atoms with Gasteiger partial charge in [-0.2, -0.15) is 0 Å². The number of nitrogens with zero attached hydrogens (tertiary/aromatic N) is 2. The van der Waals surface area contributed by atoms with E-state index >= 15 is 0 Å². The van der Waals surface area contributed by atoms with Crippen LogP contribution in [0.15, 0.2) is 45.8 Å². The van der Waals surface area contributed by atoms with Crippen molar-refractivity contribution < 1.29 is 4.42 Å². The molecule has 0 spiro atoms. The molecule has 4 nitrogen and oxygen atoms in total. The van der Waals surface area contributed by atoms with E-state index in [1.165, 1.54) is 5.56 Å². The van der Waals surface area contributed by atoms with Crippen molar-refractivity contribution in [3.05, 3.63) is 53.5 Å². The summed E-state index contributed by atoms with van der Waals surface area (Å²) in [6.07, 6.45) is 1.13. The summed E-state index contributed by atoms with van der Waals surface area (Å²) in [5.41, 5.74) is 2.31. The van der Waals surface area contributed by atoms with Crippen LogP contribution in [0.2, 0.25) is 0 Å². The van der Waals surface area contributed by atoms with Crippen LogP contribution in [0.4, 0.5) is 5.69 Å². The molecule has 0 aliphatic carbocycles. The lowest BCUT2D eigenvalue weighted by molar-refractivity contribution is 0.280. The molecule has 1 aromatic carbocycles. The Labute approximate surface area is 118 Å². The molecular weight excluding hydrogens is 250 g/mol. The van der Waals surface area contributed by atoms with E-state index in [4.69, 9.17) is 9.41 Å². The predicted octanol–water partition coefficient (Wildman–Crippen LogP) is 3.16. The number of benzene rings is 1. The molecule has 0 amide bonds. The third-order valence-corrected chi connectivity index (χ3v) is 3.89. The van der Waals surface area contributed by atoms with E-state index in [2.05, 4.69) is 34.5 Å². The van der Waals surface area contributed by atoms with Gasteiger partial charge in [0.2, 0.25) is 0 Å². The summed E-state index contributed by atoms with van der Waals surface area (Å²) >= 11 is 0. The highest BCUT2D eigenvalue weighted by Gasteiger charge is 2.33. The third kappa shape index (κ3) is 1.72. The first-order chi connectivity index (χ1) is 9.83. The standard InChI is InChI=1S/C16H17N3O/c1-11-7-8-14(20-11)16-18-13-6-3-2-5-12(13)15-17-9-4-10-19(15)16/h2-3,5-8,16,18H,4,9-10H2,1H3. The molecule has 20 heavy (non-hydrogen) atoms. The molecule has 1 aromatic heterocycles. The van der Waals surface area contributed by atoms with Gasteiger partial charge in [0.1, 0.15) is 17.4 Å². The van der Waals surface area contributed by atoms with Gasteiger partial charge in [0, 0.05) is 24.3 Å². The van der Waals surface area contributed by atoms with Crippen molar-refractivity contribution in [3.8, 4) is 0 Å². The van der Waals surface area contributed by atoms with E-state index in [-0.39, 0.29) is 6.17 Å². The van der Waals surface area contributed by atoms with Crippen molar-refractivity contribution in [3.63, 3.8) is 0 Å². The van der Waals surface area contributed by atoms with Gasteiger partial charge in [0.15, 0.2) is 6.17 Å². The van der Waals surface area contributed by atoms with E-state index in [0.717, 1.165) is 42.6 Å². The van der Waals surface area contributed by atoms with Crippen LogP contribution in [0, 0.1) is 6.92 Å². The number of nitrogens with one attached hydrogen (secondary N) is 1. The molecule has 2 aromatic rings. The second kappa shape index (κ2) is 4.40. The van der Waals surface area contributed by atoms with Crippen molar-refractivity contribution >= 4 is 11.5 Å². The van der Waals surface area contributed by atoms with Gasteiger partial charge in [-0.15, -0.1) is 0 Å². The van der Waals surface area contributed by atoms with Gasteiger partial charge in [0.25, 0.3) is 0 Å². The average Bonchev–Trinajstić information content (AvgIpc) is 2.93. The Morgan fingerprint density at radius 3 is 3.00 bits per heavy atom. The van der Waals surface area contributed by atoms with E-state index < -0.39 is 0 Å². The van der Waals surface area contributed by atoms with Crippen molar-refractivity contribution in [2.24, 2.45) is 4.99 Å². The smallest absolute Gasteiger partial charge is 0.160 e. The Kier molecular flexibility index (Phi) is 2.55. The van der Waals surface area contributed by atoms with Crippen LogP contribution in [0.5, 0.6) is 0 Å². The van der Waals surface area contributed by atoms with Gasteiger partial charge < -0.3 is 14.6 Å². The number of aryl methyl sites for hydroxylation is 1.